The molecule has 1 spiro atoms. The van der Waals surface area contributed by atoms with Crippen LogP contribution in [-0.2, 0) is 20.9 Å². The highest BCUT2D eigenvalue weighted by molar-refractivity contribution is 6.00. The quantitative estimate of drug-likeness (QED) is 0.287. The topological polar surface area (TPSA) is 138 Å². The molecule has 46 heavy (non-hydrogen) atoms. The number of fused-ring (bicyclic) bond motifs is 5. The SMILES string of the molecule is CCCCCCCOC(=O)Oc1c2n(cc(C(=O)NCc3ccc(F)cc3F)c1=O)[C@@H]1CN(C2=O)[C@@H](C)CC[C@]12CC(OC)=NO2. The molecule has 2 bridgehead atoms. The first-order chi connectivity index (χ1) is 22.1. The van der Waals surface area contributed by atoms with E-state index in [4.69, 9.17) is 19.0 Å². The Kier molecular flexibility index (Phi) is 9.92. The van der Waals surface area contributed by atoms with Crippen LogP contribution in [0.3, 0.4) is 0 Å². The number of pyridine rings is 1. The molecular formula is C32H38F2N4O8. The number of nitrogens with zero attached hydrogens (tertiary/aromatic N) is 3. The Morgan fingerprint density at radius 3 is 2.67 bits per heavy atom. The minimum absolute atomic E-state index is 0.0158. The number of carbonyl (C=O) groups excluding carboxylic acids is 3. The number of halogens is 2. The summed E-state index contributed by atoms with van der Waals surface area (Å²) < 4.78 is 45.1. The van der Waals surface area contributed by atoms with Gasteiger partial charge in [-0.15, -0.1) is 0 Å². The smallest absolute Gasteiger partial charge is 0.482 e. The fourth-order valence-corrected chi connectivity index (χ4v) is 6.18. The van der Waals surface area contributed by atoms with Crippen molar-refractivity contribution in [1.29, 1.82) is 0 Å². The molecule has 0 radical (unpaired) electrons. The summed E-state index contributed by atoms with van der Waals surface area (Å²) >= 11 is 0. The molecule has 5 rings (SSSR count). The number of rotatable bonds is 10. The molecule has 2 amide bonds. The molecule has 3 aliphatic rings. The third kappa shape index (κ3) is 6.56. The maximum Gasteiger partial charge on any atom is 0.514 e. The summed E-state index contributed by atoms with van der Waals surface area (Å²) in [6, 6.07) is 1.97. The fraction of sp³-hybridized carbons (Fsp3) is 0.531. The van der Waals surface area contributed by atoms with Gasteiger partial charge in [-0.05, 0) is 32.3 Å². The van der Waals surface area contributed by atoms with Gasteiger partial charge in [0.1, 0.15) is 17.2 Å². The molecule has 4 heterocycles. The van der Waals surface area contributed by atoms with Crippen LogP contribution in [0.5, 0.6) is 5.75 Å². The number of methoxy groups -OCH3 is 1. The lowest BCUT2D eigenvalue weighted by Crippen LogP contribution is -2.52. The molecule has 1 aromatic carbocycles. The highest BCUT2D eigenvalue weighted by Crippen LogP contribution is 2.46. The maximum absolute atomic E-state index is 14.3. The van der Waals surface area contributed by atoms with Gasteiger partial charge in [-0.2, -0.15) is 0 Å². The number of hydrogen-bond donors (Lipinski definition) is 1. The van der Waals surface area contributed by atoms with E-state index in [0.29, 0.717) is 31.2 Å². The van der Waals surface area contributed by atoms with Crippen molar-refractivity contribution in [1.82, 2.24) is 14.8 Å². The highest BCUT2D eigenvalue weighted by atomic mass is 19.1. The summed E-state index contributed by atoms with van der Waals surface area (Å²) in [5, 5.41) is 6.56. The molecule has 1 aromatic heterocycles. The van der Waals surface area contributed by atoms with Gasteiger partial charge in [0.05, 0.1) is 26.2 Å². The molecule has 248 valence electrons. The minimum Gasteiger partial charge on any atom is -0.482 e. The predicted molar refractivity (Wildman–Crippen MR) is 161 cm³/mol. The van der Waals surface area contributed by atoms with Crippen molar-refractivity contribution in [3.63, 3.8) is 0 Å². The number of benzene rings is 1. The number of nitrogens with one attached hydrogen (secondary N) is 1. The van der Waals surface area contributed by atoms with E-state index in [0.717, 1.165) is 31.7 Å². The van der Waals surface area contributed by atoms with E-state index >= 15 is 0 Å². The van der Waals surface area contributed by atoms with Crippen molar-refractivity contribution >= 4 is 23.9 Å². The van der Waals surface area contributed by atoms with Gasteiger partial charge in [0.15, 0.2) is 11.3 Å². The molecule has 0 unspecified atom stereocenters. The fourth-order valence-electron chi connectivity index (χ4n) is 6.18. The second kappa shape index (κ2) is 13.9. The van der Waals surface area contributed by atoms with Gasteiger partial charge in [-0.3, -0.25) is 14.4 Å². The molecule has 1 saturated heterocycles. The van der Waals surface area contributed by atoms with Gasteiger partial charge < -0.3 is 33.8 Å². The molecule has 0 aliphatic carbocycles. The van der Waals surface area contributed by atoms with Crippen LogP contribution in [0.15, 0.2) is 34.3 Å². The first kappa shape index (κ1) is 32.9. The van der Waals surface area contributed by atoms with Crippen LogP contribution in [0.4, 0.5) is 13.6 Å². The molecule has 0 saturated carbocycles. The standard InChI is InChI=1S/C32H38F2N4O8/c1-4-5-6-7-8-13-44-31(42)45-28-26-30(41)37-18-24(32(12-11-19(37)2)15-25(43-3)36-46-32)38(26)17-22(27(28)39)29(40)35-16-20-9-10-21(33)14-23(20)34/h9-10,14,17,19,24H,4-8,11-13,15-16,18H2,1-3H3,(H,35,40)/t19-,24+,32-/m0/s1. The van der Waals surface area contributed by atoms with Crippen molar-refractivity contribution < 1.29 is 42.2 Å². The van der Waals surface area contributed by atoms with Gasteiger partial charge >= 0.3 is 6.16 Å². The van der Waals surface area contributed by atoms with Crippen LogP contribution < -0.4 is 15.5 Å². The Balaban J connectivity index is 1.53. The summed E-state index contributed by atoms with van der Waals surface area (Å²) in [4.78, 5) is 61.7. The number of hydrogen-bond acceptors (Lipinski definition) is 9. The highest BCUT2D eigenvalue weighted by Gasteiger charge is 2.55. The Morgan fingerprint density at radius 2 is 1.96 bits per heavy atom. The van der Waals surface area contributed by atoms with E-state index in [9.17, 15) is 28.0 Å². The summed E-state index contributed by atoms with van der Waals surface area (Å²) in [6.45, 7) is 3.79. The van der Waals surface area contributed by atoms with Gasteiger partial charge in [0.2, 0.25) is 17.1 Å². The lowest BCUT2D eigenvalue weighted by atomic mass is 9.85. The van der Waals surface area contributed by atoms with E-state index < -0.39 is 58.0 Å². The van der Waals surface area contributed by atoms with Crippen LogP contribution in [0, 0.1) is 11.6 Å². The Hall–Kier alpha value is -4.49. The first-order valence-electron chi connectivity index (χ1n) is 15.5. The van der Waals surface area contributed by atoms with Crippen molar-refractivity contribution in [2.45, 2.75) is 89.4 Å². The first-order valence-corrected chi connectivity index (χ1v) is 15.5. The lowest BCUT2D eigenvalue weighted by molar-refractivity contribution is -0.0655. The van der Waals surface area contributed by atoms with Gasteiger partial charge in [0.25, 0.3) is 11.8 Å². The average molecular weight is 645 g/mol. The summed E-state index contributed by atoms with van der Waals surface area (Å²) in [6.07, 6.45) is 5.81. The normalized spacial score (nSPS) is 21.6. The molecule has 1 N–H and O–H groups in total. The van der Waals surface area contributed by atoms with Crippen LogP contribution in [0.1, 0.15) is 97.7 Å². The molecule has 14 heteroatoms. The molecular weight excluding hydrogens is 606 g/mol. The minimum atomic E-state index is -1.19. The zero-order chi connectivity index (χ0) is 33.0. The van der Waals surface area contributed by atoms with E-state index in [2.05, 4.69) is 17.4 Å². The number of oxime groups is 1. The molecule has 3 aliphatic heterocycles. The second-order valence-corrected chi connectivity index (χ2v) is 11.9. The third-order valence-electron chi connectivity index (χ3n) is 8.85. The Labute approximate surface area is 264 Å². The van der Waals surface area contributed by atoms with E-state index in [1.54, 1.807) is 4.90 Å². The Bertz CT molecular complexity index is 1590. The van der Waals surface area contributed by atoms with Crippen molar-refractivity contribution in [3.8, 4) is 5.75 Å². The monoisotopic (exact) mass is 644 g/mol. The predicted octanol–water partition coefficient (Wildman–Crippen LogP) is 4.84. The second-order valence-electron chi connectivity index (χ2n) is 11.9. The summed E-state index contributed by atoms with van der Waals surface area (Å²) in [7, 11) is 1.47. The van der Waals surface area contributed by atoms with E-state index in [1.807, 2.05) is 6.92 Å². The number of amides is 2. The van der Waals surface area contributed by atoms with Crippen LogP contribution in [0.2, 0.25) is 0 Å². The zero-order valence-electron chi connectivity index (χ0n) is 26.1. The molecule has 2 aromatic rings. The van der Waals surface area contributed by atoms with Crippen molar-refractivity contribution in [2.75, 3.05) is 20.3 Å². The zero-order valence-corrected chi connectivity index (χ0v) is 26.1. The maximum atomic E-state index is 14.3. The largest absolute Gasteiger partial charge is 0.514 e. The third-order valence-corrected chi connectivity index (χ3v) is 8.85. The summed E-state index contributed by atoms with van der Waals surface area (Å²) in [5.74, 6) is -3.46. The van der Waals surface area contributed by atoms with Crippen molar-refractivity contribution in [2.24, 2.45) is 5.16 Å². The van der Waals surface area contributed by atoms with Gasteiger partial charge in [-0.25, -0.2) is 13.6 Å². The number of unbranched alkanes of at least 4 members (excludes halogenated alkanes) is 4. The van der Waals surface area contributed by atoms with Gasteiger partial charge in [-0.1, -0.05) is 43.8 Å². The lowest BCUT2D eigenvalue weighted by Gasteiger charge is -2.41. The van der Waals surface area contributed by atoms with Crippen LogP contribution in [-0.4, -0.2) is 65.2 Å². The van der Waals surface area contributed by atoms with E-state index in [-0.39, 0.29) is 43.4 Å². The van der Waals surface area contributed by atoms with Gasteiger partial charge in [0, 0.05) is 37.0 Å². The average Bonchev–Trinajstić information content (AvgIpc) is 3.41. The van der Waals surface area contributed by atoms with E-state index in [1.165, 1.54) is 23.9 Å². The molecule has 12 nitrogen and oxygen atoms in total. The number of carbonyl (C=O) groups is 3. The molecule has 3 atom stereocenters. The number of ether oxygens (including phenoxy) is 3. The van der Waals surface area contributed by atoms with Crippen LogP contribution >= 0.6 is 0 Å². The summed E-state index contributed by atoms with van der Waals surface area (Å²) in [5.41, 5.74) is -2.74. The van der Waals surface area contributed by atoms with Crippen LogP contribution in [0.25, 0.3) is 0 Å². The molecule has 1 fully saturated rings. The number of aromatic nitrogens is 1. The Morgan fingerprint density at radius 1 is 1.17 bits per heavy atom. The van der Waals surface area contributed by atoms with Crippen molar-refractivity contribution in [3.05, 3.63) is 63.1 Å².